The molecule has 0 saturated heterocycles. The summed E-state index contributed by atoms with van der Waals surface area (Å²) in [6, 6.07) is 31.5. The number of nitrogens with one attached hydrogen (secondary N) is 1. The van der Waals surface area contributed by atoms with Gasteiger partial charge in [-0.1, -0.05) is 84.4 Å². The molecule has 1 amide bonds. The molecule has 0 aromatic heterocycles. The molecule has 202 valence electrons. The van der Waals surface area contributed by atoms with Crippen molar-refractivity contribution in [1.82, 2.24) is 4.90 Å². The Kier molecular flexibility index (Phi) is 8.39. The summed E-state index contributed by atoms with van der Waals surface area (Å²) in [7, 11) is 2.10. The van der Waals surface area contributed by atoms with Crippen LogP contribution in [0.3, 0.4) is 0 Å². The molecule has 40 heavy (non-hydrogen) atoms. The molecule has 2 N–H and O–H groups in total. The van der Waals surface area contributed by atoms with Gasteiger partial charge in [0.05, 0.1) is 11.4 Å². The highest BCUT2D eigenvalue weighted by Crippen LogP contribution is 2.37. The molecule has 1 atom stereocenters. The number of carboxylic acid groups (broad SMARTS) is 1. The number of carbonyl (C=O) groups excluding carboxylic acids is 1. The van der Waals surface area contributed by atoms with Gasteiger partial charge in [-0.2, -0.15) is 0 Å². The fraction of sp³-hybridized carbons (Fsp3) is 0.182. The van der Waals surface area contributed by atoms with Gasteiger partial charge in [0.25, 0.3) is 0 Å². The first-order valence-electron chi connectivity index (χ1n) is 13.2. The summed E-state index contributed by atoms with van der Waals surface area (Å²) in [6.45, 7) is 1.65. The van der Waals surface area contributed by atoms with Crippen molar-refractivity contribution in [2.75, 3.05) is 12.4 Å². The first-order valence-corrected chi connectivity index (χ1v) is 13.5. The van der Waals surface area contributed by atoms with E-state index >= 15 is 0 Å². The molecular weight excluding hydrogens is 522 g/mol. The third-order valence-corrected chi connectivity index (χ3v) is 7.17. The molecule has 1 heterocycles. The van der Waals surface area contributed by atoms with E-state index in [-0.39, 0.29) is 12.3 Å². The summed E-state index contributed by atoms with van der Waals surface area (Å²) in [5.74, 6) is -1.60. The summed E-state index contributed by atoms with van der Waals surface area (Å²) in [6.07, 6.45) is 0.500. The third kappa shape index (κ3) is 6.65. The van der Waals surface area contributed by atoms with Crippen molar-refractivity contribution in [2.45, 2.75) is 31.8 Å². The van der Waals surface area contributed by atoms with Crippen molar-refractivity contribution in [3.05, 3.63) is 130 Å². The van der Waals surface area contributed by atoms with Crippen LogP contribution in [0.25, 0.3) is 0 Å². The molecule has 1 unspecified atom stereocenters. The average molecular weight is 552 g/mol. The molecule has 1 aliphatic rings. The van der Waals surface area contributed by atoms with Crippen molar-refractivity contribution >= 4 is 40.6 Å². The van der Waals surface area contributed by atoms with Gasteiger partial charge < -0.3 is 10.4 Å². The number of rotatable bonds is 10. The standard InChI is InChI=1S/C33H30ClN3O3/c1-37(20-23-5-3-2-4-6-23)21-24-9-15-27(16-10-24)35-32(25-12-7-22(8-13-25)11-18-30(38)39)31-28-17-14-26(34)19-29(28)36-33(31)40/h2-10,12-17,19,31H,11,18,20-21H2,1H3,(H,36,40)(H,38,39). The van der Waals surface area contributed by atoms with Crippen molar-refractivity contribution in [1.29, 1.82) is 0 Å². The van der Waals surface area contributed by atoms with Crippen LogP contribution in [-0.4, -0.2) is 34.6 Å². The number of hydrogen-bond donors (Lipinski definition) is 2. The fourth-order valence-electron chi connectivity index (χ4n) is 4.97. The van der Waals surface area contributed by atoms with Gasteiger partial charge in [0.1, 0.15) is 5.92 Å². The number of aliphatic carboxylic acids is 1. The molecule has 7 heteroatoms. The van der Waals surface area contributed by atoms with Crippen LogP contribution in [0.2, 0.25) is 5.02 Å². The Hall–Kier alpha value is -4.26. The summed E-state index contributed by atoms with van der Waals surface area (Å²) in [5, 5.41) is 12.5. The Balaban J connectivity index is 1.42. The van der Waals surface area contributed by atoms with Crippen LogP contribution in [0.1, 0.15) is 40.2 Å². The predicted molar refractivity (Wildman–Crippen MR) is 159 cm³/mol. The monoisotopic (exact) mass is 551 g/mol. The van der Waals surface area contributed by atoms with E-state index in [2.05, 4.69) is 53.7 Å². The highest BCUT2D eigenvalue weighted by Gasteiger charge is 2.35. The lowest BCUT2D eigenvalue weighted by molar-refractivity contribution is -0.137. The molecule has 0 radical (unpaired) electrons. The number of nitrogens with zero attached hydrogens (tertiary/aromatic N) is 2. The Labute approximate surface area is 239 Å². The fourth-order valence-corrected chi connectivity index (χ4v) is 5.15. The van der Waals surface area contributed by atoms with Crippen molar-refractivity contribution in [3.63, 3.8) is 0 Å². The maximum Gasteiger partial charge on any atom is 0.303 e. The number of anilines is 1. The van der Waals surface area contributed by atoms with E-state index in [1.807, 2.05) is 48.5 Å². The lowest BCUT2D eigenvalue weighted by Crippen LogP contribution is -2.22. The van der Waals surface area contributed by atoms with E-state index in [0.29, 0.717) is 22.8 Å². The third-order valence-electron chi connectivity index (χ3n) is 6.93. The number of halogens is 1. The van der Waals surface area contributed by atoms with Crippen molar-refractivity contribution in [2.24, 2.45) is 4.99 Å². The first-order chi connectivity index (χ1) is 19.4. The van der Waals surface area contributed by atoms with Gasteiger partial charge in [-0.15, -0.1) is 0 Å². The zero-order valence-corrected chi connectivity index (χ0v) is 22.9. The Morgan fingerprint density at radius 1 is 0.900 bits per heavy atom. The number of hydrogen-bond acceptors (Lipinski definition) is 4. The molecule has 0 aliphatic carbocycles. The predicted octanol–water partition coefficient (Wildman–Crippen LogP) is 6.85. The van der Waals surface area contributed by atoms with Crippen molar-refractivity contribution < 1.29 is 14.7 Å². The molecule has 6 nitrogen and oxygen atoms in total. The van der Waals surface area contributed by atoms with Crippen LogP contribution in [0.4, 0.5) is 11.4 Å². The number of benzene rings is 4. The summed E-state index contributed by atoms with van der Waals surface area (Å²) in [5.41, 5.74) is 7.02. The SMILES string of the molecule is CN(Cc1ccccc1)Cc1ccc(N=C(c2ccc(CCC(=O)O)cc2)C2C(=O)Nc3cc(Cl)ccc32)cc1. The summed E-state index contributed by atoms with van der Waals surface area (Å²) < 4.78 is 0. The smallest absolute Gasteiger partial charge is 0.303 e. The van der Waals surface area contributed by atoms with Crippen LogP contribution >= 0.6 is 11.6 Å². The number of aryl methyl sites for hydroxylation is 1. The lowest BCUT2D eigenvalue weighted by atomic mass is 9.90. The molecule has 0 fully saturated rings. The molecule has 5 rings (SSSR count). The van der Waals surface area contributed by atoms with Crippen molar-refractivity contribution in [3.8, 4) is 0 Å². The second-order valence-electron chi connectivity index (χ2n) is 10.1. The Bertz CT molecular complexity index is 1530. The summed E-state index contributed by atoms with van der Waals surface area (Å²) >= 11 is 6.18. The molecule has 0 bridgehead atoms. The van der Waals surface area contributed by atoms with Crippen LogP contribution < -0.4 is 5.32 Å². The molecule has 4 aromatic carbocycles. The second-order valence-corrected chi connectivity index (χ2v) is 10.5. The van der Waals surface area contributed by atoms with E-state index in [1.165, 1.54) is 11.1 Å². The molecule has 0 saturated carbocycles. The van der Waals surface area contributed by atoms with Gasteiger partial charge in [-0.3, -0.25) is 19.5 Å². The van der Waals surface area contributed by atoms with Crippen LogP contribution in [-0.2, 0) is 29.1 Å². The zero-order chi connectivity index (χ0) is 28.1. The topological polar surface area (TPSA) is 82.0 Å². The maximum atomic E-state index is 13.2. The highest BCUT2D eigenvalue weighted by atomic mass is 35.5. The largest absolute Gasteiger partial charge is 0.481 e. The Morgan fingerprint density at radius 3 is 2.23 bits per heavy atom. The normalized spacial score (nSPS) is 14.7. The maximum absolute atomic E-state index is 13.2. The minimum Gasteiger partial charge on any atom is -0.481 e. The molecular formula is C33H30ClN3O3. The average Bonchev–Trinajstić information content (AvgIpc) is 3.26. The van der Waals surface area contributed by atoms with Crippen LogP contribution in [0.5, 0.6) is 0 Å². The number of carboxylic acids is 1. The number of amides is 1. The first kappa shape index (κ1) is 27.3. The Morgan fingerprint density at radius 2 is 1.55 bits per heavy atom. The highest BCUT2D eigenvalue weighted by molar-refractivity contribution is 6.31. The number of fused-ring (bicyclic) bond motifs is 1. The second kappa shape index (κ2) is 12.3. The van der Waals surface area contributed by atoms with Gasteiger partial charge in [0, 0.05) is 30.2 Å². The van der Waals surface area contributed by atoms with Gasteiger partial charge in [-0.25, -0.2) is 0 Å². The minimum absolute atomic E-state index is 0.0618. The van der Waals surface area contributed by atoms with Gasteiger partial charge in [0.15, 0.2) is 0 Å². The van der Waals surface area contributed by atoms with E-state index < -0.39 is 11.9 Å². The summed E-state index contributed by atoms with van der Waals surface area (Å²) in [4.78, 5) is 31.5. The van der Waals surface area contributed by atoms with Crippen LogP contribution in [0.15, 0.2) is 102 Å². The van der Waals surface area contributed by atoms with E-state index in [4.69, 9.17) is 21.7 Å². The number of aliphatic imine (C=N–C) groups is 1. The minimum atomic E-state index is -0.834. The lowest BCUT2D eigenvalue weighted by Gasteiger charge is -2.17. The van der Waals surface area contributed by atoms with Gasteiger partial charge in [-0.05, 0) is 65.6 Å². The van der Waals surface area contributed by atoms with Gasteiger partial charge in [0.2, 0.25) is 5.91 Å². The quantitative estimate of drug-likeness (QED) is 0.211. The van der Waals surface area contributed by atoms with E-state index in [9.17, 15) is 9.59 Å². The van der Waals surface area contributed by atoms with E-state index in [0.717, 1.165) is 35.5 Å². The van der Waals surface area contributed by atoms with E-state index in [1.54, 1.807) is 12.1 Å². The molecule has 1 aliphatic heterocycles. The molecule has 4 aromatic rings. The van der Waals surface area contributed by atoms with Crippen LogP contribution in [0, 0.1) is 0 Å². The zero-order valence-electron chi connectivity index (χ0n) is 22.2. The molecule has 0 spiro atoms. The number of carbonyl (C=O) groups is 2. The van der Waals surface area contributed by atoms with Gasteiger partial charge >= 0.3 is 5.97 Å².